The van der Waals surface area contributed by atoms with Gasteiger partial charge in [-0.2, -0.15) is 5.10 Å². The first kappa shape index (κ1) is 16.6. The molecule has 0 aliphatic heterocycles. The fourth-order valence-corrected chi connectivity index (χ4v) is 3.38. The average molecular weight is 419 g/mol. The molecule has 0 saturated heterocycles. The molecule has 0 saturated carbocycles. The third kappa shape index (κ3) is 3.93. The van der Waals surface area contributed by atoms with Crippen LogP contribution >= 0.6 is 31.9 Å². The lowest BCUT2D eigenvalue weighted by Crippen LogP contribution is -2.25. The minimum Gasteiger partial charge on any atom is -0.305 e. The quantitative estimate of drug-likeness (QED) is 0.739. The summed E-state index contributed by atoms with van der Waals surface area (Å²) in [5.74, 6) is -0.250. The summed E-state index contributed by atoms with van der Waals surface area (Å²) < 4.78 is 17.4. The maximum absolute atomic E-state index is 13.7. The van der Waals surface area contributed by atoms with Crippen molar-refractivity contribution in [3.8, 4) is 0 Å². The second kappa shape index (κ2) is 7.51. The molecule has 1 unspecified atom stereocenters. The van der Waals surface area contributed by atoms with E-state index < -0.39 is 0 Å². The average Bonchev–Trinajstić information content (AvgIpc) is 2.77. The number of aromatic nitrogens is 2. The summed E-state index contributed by atoms with van der Waals surface area (Å²) in [5, 5.41) is 7.82. The molecule has 2 rings (SSSR count). The van der Waals surface area contributed by atoms with Crippen LogP contribution in [0.4, 0.5) is 4.39 Å². The highest BCUT2D eigenvalue weighted by Gasteiger charge is 2.22. The standard InChI is InChI=1S/C15H18Br2FN3/c1-3-5-21-15(13(17)9-20-21)14(19-4-2)10-6-11(16)8-12(18)7-10/h6-9,14,19H,3-5H2,1-2H3. The Morgan fingerprint density at radius 2 is 2.05 bits per heavy atom. The first-order chi connectivity index (χ1) is 10.1. The summed E-state index contributed by atoms with van der Waals surface area (Å²) >= 11 is 6.92. The van der Waals surface area contributed by atoms with Crippen molar-refractivity contribution in [3.05, 3.63) is 50.4 Å². The van der Waals surface area contributed by atoms with Gasteiger partial charge in [0.2, 0.25) is 0 Å². The Balaban J connectivity index is 2.50. The van der Waals surface area contributed by atoms with Crippen molar-refractivity contribution >= 4 is 31.9 Å². The Labute approximate surface area is 141 Å². The predicted octanol–water partition coefficient (Wildman–Crippen LogP) is 4.66. The summed E-state index contributed by atoms with van der Waals surface area (Å²) in [6.45, 7) is 5.76. The van der Waals surface area contributed by atoms with Gasteiger partial charge < -0.3 is 5.32 Å². The molecule has 114 valence electrons. The second-order valence-corrected chi connectivity index (χ2v) is 6.56. The number of halogens is 3. The number of aryl methyl sites for hydroxylation is 1. The smallest absolute Gasteiger partial charge is 0.124 e. The molecule has 1 N–H and O–H groups in total. The molecule has 0 bridgehead atoms. The summed E-state index contributed by atoms with van der Waals surface area (Å²) in [6.07, 6.45) is 2.79. The zero-order valence-electron chi connectivity index (χ0n) is 12.0. The molecular weight excluding hydrogens is 401 g/mol. The van der Waals surface area contributed by atoms with Crippen molar-refractivity contribution in [1.82, 2.24) is 15.1 Å². The summed E-state index contributed by atoms with van der Waals surface area (Å²) in [5.41, 5.74) is 1.90. The van der Waals surface area contributed by atoms with E-state index in [1.165, 1.54) is 6.07 Å². The molecule has 1 aromatic heterocycles. The first-order valence-corrected chi connectivity index (χ1v) is 8.56. The van der Waals surface area contributed by atoms with E-state index in [2.05, 4.69) is 49.2 Å². The van der Waals surface area contributed by atoms with Crippen molar-refractivity contribution in [3.63, 3.8) is 0 Å². The molecule has 0 aliphatic carbocycles. The van der Waals surface area contributed by atoms with Gasteiger partial charge in [-0.15, -0.1) is 0 Å². The Kier molecular flexibility index (Phi) is 5.96. The topological polar surface area (TPSA) is 29.9 Å². The van der Waals surface area contributed by atoms with Gasteiger partial charge in [-0.1, -0.05) is 29.8 Å². The Bertz CT molecular complexity index is 593. The minimum atomic E-state index is -0.250. The van der Waals surface area contributed by atoms with Crippen molar-refractivity contribution in [1.29, 1.82) is 0 Å². The van der Waals surface area contributed by atoms with Gasteiger partial charge in [0.05, 0.1) is 22.4 Å². The maximum atomic E-state index is 13.7. The van der Waals surface area contributed by atoms with Gasteiger partial charge in [0.25, 0.3) is 0 Å². The van der Waals surface area contributed by atoms with Crippen LogP contribution in [0.5, 0.6) is 0 Å². The van der Waals surface area contributed by atoms with Crippen LogP contribution in [-0.4, -0.2) is 16.3 Å². The fraction of sp³-hybridized carbons (Fsp3) is 0.400. The minimum absolute atomic E-state index is 0.106. The lowest BCUT2D eigenvalue weighted by atomic mass is 10.0. The number of hydrogen-bond acceptors (Lipinski definition) is 2. The Morgan fingerprint density at radius 3 is 2.67 bits per heavy atom. The molecule has 0 aliphatic rings. The molecule has 6 heteroatoms. The van der Waals surface area contributed by atoms with E-state index in [4.69, 9.17) is 0 Å². The largest absolute Gasteiger partial charge is 0.305 e. The molecule has 0 radical (unpaired) electrons. The second-order valence-electron chi connectivity index (χ2n) is 4.79. The molecular formula is C15H18Br2FN3. The van der Waals surface area contributed by atoms with Gasteiger partial charge >= 0.3 is 0 Å². The highest BCUT2D eigenvalue weighted by Crippen LogP contribution is 2.30. The van der Waals surface area contributed by atoms with Crippen molar-refractivity contribution in [2.24, 2.45) is 0 Å². The van der Waals surface area contributed by atoms with Crippen LogP contribution in [0.3, 0.4) is 0 Å². The van der Waals surface area contributed by atoms with Crippen LogP contribution in [0.25, 0.3) is 0 Å². The summed E-state index contributed by atoms with van der Waals surface area (Å²) in [4.78, 5) is 0. The van der Waals surface area contributed by atoms with Gasteiger partial charge in [-0.25, -0.2) is 4.39 Å². The monoisotopic (exact) mass is 417 g/mol. The molecule has 3 nitrogen and oxygen atoms in total. The van der Waals surface area contributed by atoms with Crippen molar-refractivity contribution in [2.75, 3.05) is 6.54 Å². The van der Waals surface area contributed by atoms with E-state index >= 15 is 0 Å². The van der Waals surface area contributed by atoms with Crippen LogP contribution in [0, 0.1) is 5.82 Å². The number of hydrogen-bond donors (Lipinski definition) is 1. The molecule has 21 heavy (non-hydrogen) atoms. The van der Waals surface area contributed by atoms with E-state index in [1.54, 1.807) is 12.3 Å². The molecule has 1 atom stereocenters. The normalized spacial score (nSPS) is 12.6. The van der Waals surface area contributed by atoms with Gasteiger partial charge in [0.15, 0.2) is 0 Å². The molecule has 0 fully saturated rings. The SMILES string of the molecule is CCCn1ncc(Br)c1C(NCC)c1cc(F)cc(Br)c1. The fourth-order valence-electron chi connectivity index (χ4n) is 2.37. The van der Waals surface area contributed by atoms with E-state index in [0.29, 0.717) is 0 Å². The van der Waals surface area contributed by atoms with Crippen molar-refractivity contribution < 1.29 is 4.39 Å². The molecule has 2 aromatic rings. The van der Waals surface area contributed by atoms with E-state index in [0.717, 1.165) is 39.7 Å². The highest BCUT2D eigenvalue weighted by molar-refractivity contribution is 9.10. The van der Waals surface area contributed by atoms with Gasteiger partial charge in [-0.3, -0.25) is 4.68 Å². The maximum Gasteiger partial charge on any atom is 0.124 e. The lowest BCUT2D eigenvalue weighted by Gasteiger charge is -2.21. The first-order valence-electron chi connectivity index (χ1n) is 6.97. The zero-order valence-corrected chi connectivity index (χ0v) is 15.2. The van der Waals surface area contributed by atoms with Crippen LogP contribution in [-0.2, 0) is 6.54 Å². The predicted molar refractivity (Wildman–Crippen MR) is 89.8 cm³/mol. The number of nitrogens with one attached hydrogen (secondary N) is 1. The van der Waals surface area contributed by atoms with Gasteiger partial charge in [0, 0.05) is 11.0 Å². The van der Waals surface area contributed by atoms with Gasteiger partial charge in [-0.05, 0) is 52.7 Å². The molecule has 1 aromatic carbocycles. The third-order valence-electron chi connectivity index (χ3n) is 3.17. The summed E-state index contributed by atoms with van der Waals surface area (Å²) in [6, 6.07) is 4.86. The van der Waals surface area contributed by atoms with E-state index in [-0.39, 0.29) is 11.9 Å². The lowest BCUT2D eigenvalue weighted by molar-refractivity contribution is 0.516. The van der Waals surface area contributed by atoms with Crippen LogP contribution < -0.4 is 5.32 Å². The van der Waals surface area contributed by atoms with Gasteiger partial charge in [0.1, 0.15) is 5.82 Å². The van der Waals surface area contributed by atoms with Crippen molar-refractivity contribution in [2.45, 2.75) is 32.9 Å². The number of rotatable bonds is 6. The molecule has 0 amide bonds. The Morgan fingerprint density at radius 1 is 1.29 bits per heavy atom. The third-order valence-corrected chi connectivity index (χ3v) is 4.24. The Hall–Kier alpha value is -0.720. The molecule has 0 spiro atoms. The van der Waals surface area contributed by atoms with E-state index in [1.807, 2.05) is 17.7 Å². The zero-order chi connectivity index (χ0) is 15.4. The summed E-state index contributed by atoms with van der Waals surface area (Å²) in [7, 11) is 0. The molecule has 1 heterocycles. The van der Waals surface area contributed by atoms with Crippen LogP contribution in [0.1, 0.15) is 37.6 Å². The van der Waals surface area contributed by atoms with Crippen LogP contribution in [0.15, 0.2) is 33.3 Å². The highest BCUT2D eigenvalue weighted by atomic mass is 79.9. The van der Waals surface area contributed by atoms with Crippen LogP contribution in [0.2, 0.25) is 0 Å². The number of benzene rings is 1. The number of nitrogens with zero attached hydrogens (tertiary/aromatic N) is 2. The van der Waals surface area contributed by atoms with E-state index in [9.17, 15) is 4.39 Å².